The van der Waals surface area contributed by atoms with Gasteiger partial charge in [0.1, 0.15) is 5.82 Å². The van der Waals surface area contributed by atoms with Gasteiger partial charge >= 0.3 is 0 Å². The highest BCUT2D eigenvalue weighted by atomic mass is 32.2. The second-order valence-corrected chi connectivity index (χ2v) is 6.47. The summed E-state index contributed by atoms with van der Waals surface area (Å²) in [5.74, 6) is -0.670. The third-order valence-corrected chi connectivity index (χ3v) is 4.34. The van der Waals surface area contributed by atoms with Crippen LogP contribution < -0.4 is 4.72 Å². The zero-order chi connectivity index (χ0) is 15.5. The zero-order valence-electron chi connectivity index (χ0n) is 11.5. The molecule has 0 aliphatic heterocycles. The van der Waals surface area contributed by atoms with Crippen LogP contribution >= 0.6 is 0 Å². The van der Waals surface area contributed by atoms with E-state index in [0.717, 1.165) is 0 Å². The summed E-state index contributed by atoms with van der Waals surface area (Å²) in [5, 5.41) is 8.95. The van der Waals surface area contributed by atoms with Gasteiger partial charge in [-0.05, 0) is 30.2 Å². The summed E-state index contributed by atoms with van der Waals surface area (Å²) in [4.78, 5) is 0. The van der Waals surface area contributed by atoms with Crippen LogP contribution in [0.15, 0.2) is 42.5 Å². The SMILES string of the molecule is Cc1c(F)cccc1NS(=O)(=O)Cc1ccc(CO)cc1. The largest absolute Gasteiger partial charge is 0.392 e. The topological polar surface area (TPSA) is 66.4 Å². The van der Waals surface area contributed by atoms with Gasteiger partial charge in [-0.25, -0.2) is 12.8 Å². The summed E-state index contributed by atoms with van der Waals surface area (Å²) < 4.78 is 40.0. The van der Waals surface area contributed by atoms with E-state index in [9.17, 15) is 12.8 Å². The summed E-state index contributed by atoms with van der Waals surface area (Å²) in [5.41, 5.74) is 1.80. The van der Waals surface area contributed by atoms with E-state index in [2.05, 4.69) is 4.72 Å². The lowest BCUT2D eigenvalue weighted by atomic mass is 10.2. The molecular weight excluding hydrogens is 293 g/mol. The summed E-state index contributed by atoms with van der Waals surface area (Å²) in [7, 11) is -3.63. The molecule has 0 saturated heterocycles. The predicted octanol–water partition coefficient (Wildman–Crippen LogP) is 2.57. The van der Waals surface area contributed by atoms with Gasteiger partial charge in [0.05, 0.1) is 18.0 Å². The standard InChI is InChI=1S/C15H16FNO3S/c1-11-14(16)3-2-4-15(11)17-21(19,20)10-13-7-5-12(9-18)6-8-13/h2-8,17-18H,9-10H2,1H3. The van der Waals surface area contributed by atoms with E-state index in [0.29, 0.717) is 11.1 Å². The normalized spacial score (nSPS) is 11.4. The van der Waals surface area contributed by atoms with Crippen molar-refractivity contribution >= 4 is 15.7 Å². The molecule has 0 fully saturated rings. The number of hydrogen-bond acceptors (Lipinski definition) is 3. The van der Waals surface area contributed by atoms with Crippen molar-refractivity contribution in [1.82, 2.24) is 0 Å². The summed E-state index contributed by atoms with van der Waals surface area (Å²) in [6.45, 7) is 1.43. The molecule has 0 bridgehead atoms. The van der Waals surface area contributed by atoms with Gasteiger partial charge in [0.25, 0.3) is 0 Å². The minimum atomic E-state index is -3.63. The number of benzene rings is 2. The molecule has 2 aromatic carbocycles. The van der Waals surface area contributed by atoms with Gasteiger partial charge in [0.15, 0.2) is 0 Å². The van der Waals surface area contributed by atoms with Crippen LogP contribution in [0.2, 0.25) is 0 Å². The number of hydrogen-bond donors (Lipinski definition) is 2. The summed E-state index contributed by atoms with van der Waals surface area (Å²) >= 11 is 0. The molecule has 0 saturated carbocycles. The molecule has 0 aromatic heterocycles. The molecule has 4 nitrogen and oxygen atoms in total. The van der Waals surface area contributed by atoms with Crippen molar-refractivity contribution in [3.05, 3.63) is 65.0 Å². The van der Waals surface area contributed by atoms with Crippen LogP contribution in [-0.4, -0.2) is 13.5 Å². The van der Waals surface area contributed by atoms with Crippen molar-refractivity contribution in [2.75, 3.05) is 4.72 Å². The second-order valence-electron chi connectivity index (χ2n) is 4.75. The van der Waals surface area contributed by atoms with Crippen LogP contribution in [0.5, 0.6) is 0 Å². The van der Waals surface area contributed by atoms with Gasteiger partial charge in [-0.1, -0.05) is 30.3 Å². The average Bonchev–Trinajstić information content (AvgIpc) is 2.44. The van der Waals surface area contributed by atoms with Crippen LogP contribution in [0, 0.1) is 12.7 Å². The van der Waals surface area contributed by atoms with E-state index < -0.39 is 15.8 Å². The highest BCUT2D eigenvalue weighted by Crippen LogP contribution is 2.20. The molecule has 0 spiro atoms. The van der Waals surface area contributed by atoms with Gasteiger partial charge in [-0.2, -0.15) is 0 Å². The maximum absolute atomic E-state index is 13.4. The zero-order valence-corrected chi connectivity index (χ0v) is 12.3. The van der Waals surface area contributed by atoms with Gasteiger partial charge in [-0.3, -0.25) is 4.72 Å². The van der Waals surface area contributed by atoms with E-state index in [1.807, 2.05) is 0 Å². The molecule has 2 rings (SSSR count). The van der Waals surface area contributed by atoms with Crippen LogP contribution in [0.3, 0.4) is 0 Å². The highest BCUT2D eigenvalue weighted by Gasteiger charge is 2.14. The van der Waals surface area contributed by atoms with E-state index in [1.54, 1.807) is 24.3 Å². The first-order valence-corrected chi connectivity index (χ1v) is 8.01. The third-order valence-electron chi connectivity index (χ3n) is 3.10. The Bertz CT molecular complexity index is 727. The van der Waals surface area contributed by atoms with Crippen molar-refractivity contribution < 1.29 is 17.9 Å². The number of anilines is 1. The van der Waals surface area contributed by atoms with Gasteiger partial charge in [0.2, 0.25) is 10.0 Å². The van der Waals surface area contributed by atoms with Crippen molar-refractivity contribution in [2.45, 2.75) is 19.3 Å². The number of nitrogens with one attached hydrogen (secondary N) is 1. The lowest BCUT2D eigenvalue weighted by Gasteiger charge is -2.11. The Morgan fingerprint density at radius 1 is 1.10 bits per heavy atom. The number of rotatable bonds is 5. The minimum Gasteiger partial charge on any atom is -0.392 e. The Morgan fingerprint density at radius 3 is 2.33 bits per heavy atom. The number of sulfonamides is 1. The molecule has 0 radical (unpaired) electrons. The monoisotopic (exact) mass is 309 g/mol. The molecule has 0 heterocycles. The predicted molar refractivity (Wildman–Crippen MR) is 79.7 cm³/mol. The van der Waals surface area contributed by atoms with E-state index in [-0.39, 0.29) is 23.6 Å². The maximum Gasteiger partial charge on any atom is 0.236 e. The van der Waals surface area contributed by atoms with Crippen molar-refractivity contribution in [3.63, 3.8) is 0 Å². The van der Waals surface area contributed by atoms with Crippen molar-refractivity contribution in [1.29, 1.82) is 0 Å². The fourth-order valence-corrected chi connectivity index (χ4v) is 3.14. The Hall–Kier alpha value is -1.92. The van der Waals surface area contributed by atoms with Crippen molar-refractivity contribution in [2.24, 2.45) is 0 Å². The van der Waals surface area contributed by atoms with E-state index in [1.165, 1.54) is 25.1 Å². The minimum absolute atomic E-state index is 0.0895. The summed E-state index contributed by atoms with van der Waals surface area (Å²) in [6.07, 6.45) is 0. The molecule has 21 heavy (non-hydrogen) atoms. The molecule has 0 amide bonds. The van der Waals surface area contributed by atoms with Crippen molar-refractivity contribution in [3.8, 4) is 0 Å². The lowest BCUT2D eigenvalue weighted by Crippen LogP contribution is -2.16. The first kappa shape index (κ1) is 15.5. The molecule has 2 N–H and O–H groups in total. The lowest BCUT2D eigenvalue weighted by molar-refractivity contribution is 0.282. The molecular formula is C15H16FNO3S. The smallest absolute Gasteiger partial charge is 0.236 e. The maximum atomic E-state index is 13.4. The third kappa shape index (κ3) is 4.03. The molecule has 6 heteroatoms. The molecule has 0 aliphatic rings. The number of halogens is 1. The second kappa shape index (κ2) is 6.24. The number of aliphatic hydroxyl groups is 1. The highest BCUT2D eigenvalue weighted by molar-refractivity contribution is 7.91. The quantitative estimate of drug-likeness (QED) is 0.892. The molecule has 0 unspecified atom stereocenters. The van der Waals surface area contributed by atoms with Gasteiger partial charge < -0.3 is 5.11 Å². The Morgan fingerprint density at radius 2 is 1.71 bits per heavy atom. The van der Waals surface area contributed by atoms with Crippen LogP contribution in [0.4, 0.5) is 10.1 Å². The van der Waals surface area contributed by atoms with Crippen LogP contribution in [0.1, 0.15) is 16.7 Å². The van der Waals surface area contributed by atoms with E-state index >= 15 is 0 Å². The molecule has 0 atom stereocenters. The number of aliphatic hydroxyl groups excluding tert-OH is 1. The van der Waals surface area contributed by atoms with Crippen LogP contribution in [-0.2, 0) is 22.4 Å². The molecule has 2 aromatic rings. The Kier molecular flexibility index (Phi) is 4.59. The molecule has 0 aliphatic carbocycles. The fourth-order valence-electron chi connectivity index (χ4n) is 1.88. The summed E-state index contributed by atoms with van der Waals surface area (Å²) in [6, 6.07) is 10.9. The molecule has 112 valence electrons. The Labute approximate surface area is 123 Å². The first-order valence-electron chi connectivity index (χ1n) is 6.35. The van der Waals surface area contributed by atoms with E-state index in [4.69, 9.17) is 5.11 Å². The fraction of sp³-hybridized carbons (Fsp3) is 0.200. The van der Waals surface area contributed by atoms with Crippen LogP contribution in [0.25, 0.3) is 0 Å². The van der Waals surface area contributed by atoms with Gasteiger partial charge in [0, 0.05) is 5.56 Å². The average molecular weight is 309 g/mol. The first-order chi connectivity index (χ1) is 9.91. The van der Waals surface area contributed by atoms with Gasteiger partial charge in [-0.15, -0.1) is 0 Å². The Balaban J connectivity index is 2.16.